The SMILES string of the molecule is CCC(Sc1nc2cc3c(cc2c(=O)n1CCC(=O)N1CCN(c2ccccc2)CC1)OCO3)C(=O)Nc1ccccc1OC. The van der Waals surface area contributed by atoms with E-state index in [0.29, 0.717) is 58.5 Å². The Bertz CT molecular complexity index is 1760. The van der Waals surface area contributed by atoms with Crippen LogP contribution in [0.1, 0.15) is 19.8 Å². The van der Waals surface area contributed by atoms with Crippen LogP contribution >= 0.6 is 11.8 Å². The Balaban J connectivity index is 1.23. The second-order valence-corrected chi connectivity index (χ2v) is 11.9. The molecule has 1 saturated heterocycles. The van der Waals surface area contributed by atoms with Crippen LogP contribution in [-0.4, -0.2) is 71.6 Å². The molecular formula is C33H35N5O6S. The van der Waals surface area contributed by atoms with E-state index in [0.717, 1.165) is 18.8 Å². The van der Waals surface area contributed by atoms with Gasteiger partial charge in [-0.1, -0.05) is 49.0 Å². The quantitative estimate of drug-likeness (QED) is 0.202. The number of ether oxygens (including phenoxy) is 3. The first-order chi connectivity index (χ1) is 21.9. The Kier molecular flexibility index (Phi) is 9.11. The summed E-state index contributed by atoms with van der Waals surface area (Å²) in [5.41, 5.74) is 1.83. The van der Waals surface area contributed by atoms with Crippen molar-refractivity contribution in [3.8, 4) is 17.2 Å². The number of hydrogen-bond acceptors (Lipinski definition) is 9. The Morgan fingerprint density at radius 2 is 1.71 bits per heavy atom. The van der Waals surface area contributed by atoms with Gasteiger partial charge in [-0.05, 0) is 36.8 Å². The van der Waals surface area contributed by atoms with Crippen molar-refractivity contribution in [1.82, 2.24) is 14.5 Å². The fourth-order valence-electron chi connectivity index (χ4n) is 5.51. The van der Waals surface area contributed by atoms with Gasteiger partial charge in [0.05, 0.1) is 29.0 Å². The molecule has 1 atom stereocenters. The van der Waals surface area contributed by atoms with Gasteiger partial charge in [0.15, 0.2) is 16.7 Å². The highest BCUT2D eigenvalue weighted by atomic mass is 32.2. The van der Waals surface area contributed by atoms with E-state index in [1.54, 1.807) is 31.4 Å². The standard InChI is InChI=1S/C33H35N5O6S/c1-3-29(31(40)34-24-11-7-8-12-26(24)42-2)45-33-35-25-20-28-27(43-21-44-28)19-23(25)32(41)38(33)14-13-30(39)37-17-15-36(16-18-37)22-9-5-4-6-10-22/h4-12,19-20,29H,3,13-18,21H2,1-2H3,(H,34,40). The van der Waals surface area contributed by atoms with E-state index >= 15 is 0 Å². The number of nitrogens with zero attached hydrogens (tertiary/aromatic N) is 4. The molecule has 2 aliphatic rings. The van der Waals surface area contributed by atoms with Crippen molar-refractivity contribution < 1.29 is 23.8 Å². The number of fused-ring (bicyclic) bond motifs is 2. The molecule has 2 aliphatic heterocycles. The molecule has 1 fully saturated rings. The van der Waals surface area contributed by atoms with Crippen LogP contribution in [0, 0.1) is 0 Å². The third kappa shape index (κ3) is 6.56. The van der Waals surface area contributed by atoms with Crippen molar-refractivity contribution in [2.75, 3.05) is 50.3 Å². The summed E-state index contributed by atoms with van der Waals surface area (Å²) in [7, 11) is 1.55. The fraction of sp³-hybridized carbons (Fsp3) is 0.333. The van der Waals surface area contributed by atoms with Gasteiger partial charge in [-0.15, -0.1) is 0 Å². The summed E-state index contributed by atoms with van der Waals surface area (Å²) < 4.78 is 17.9. The zero-order chi connectivity index (χ0) is 31.3. The minimum absolute atomic E-state index is 0.0303. The molecule has 0 aliphatic carbocycles. The summed E-state index contributed by atoms with van der Waals surface area (Å²) in [5, 5.41) is 3.09. The minimum atomic E-state index is -0.568. The zero-order valence-corrected chi connectivity index (χ0v) is 26.0. The highest BCUT2D eigenvalue weighted by Crippen LogP contribution is 2.36. The number of thioether (sulfide) groups is 1. The van der Waals surface area contributed by atoms with Gasteiger partial charge in [0.25, 0.3) is 5.56 Å². The first-order valence-corrected chi connectivity index (χ1v) is 15.9. The van der Waals surface area contributed by atoms with Crippen molar-refractivity contribution in [2.24, 2.45) is 0 Å². The van der Waals surface area contributed by atoms with Crippen LogP contribution in [0.2, 0.25) is 0 Å². The molecule has 4 aromatic rings. The molecule has 3 aromatic carbocycles. The molecular weight excluding hydrogens is 594 g/mol. The van der Waals surface area contributed by atoms with Crippen LogP contribution < -0.4 is 30.0 Å². The Hall–Kier alpha value is -4.71. The van der Waals surface area contributed by atoms with E-state index in [1.807, 2.05) is 42.2 Å². The van der Waals surface area contributed by atoms with Crippen molar-refractivity contribution >= 4 is 45.9 Å². The molecule has 1 aromatic heterocycles. The Labute approximate surface area is 265 Å². The van der Waals surface area contributed by atoms with Gasteiger partial charge in [-0.3, -0.25) is 19.0 Å². The summed E-state index contributed by atoms with van der Waals surface area (Å²) >= 11 is 1.20. The predicted molar refractivity (Wildman–Crippen MR) is 174 cm³/mol. The van der Waals surface area contributed by atoms with Gasteiger partial charge in [-0.2, -0.15) is 0 Å². The van der Waals surface area contributed by atoms with Gasteiger partial charge < -0.3 is 29.3 Å². The minimum Gasteiger partial charge on any atom is -0.495 e. The highest BCUT2D eigenvalue weighted by Gasteiger charge is 2.26. The molecule has 234 valence electrons. The summed E-state index contributed by atoms with van der Waals surface area (Å²) in [4.78, 5) is 49.6. The van der Waals surface area contributed by atoms with Gasteiger partial charge in [0.2, 0.25) is 18.6 Å². The summed E-state index contributed by atoms with van der Waals surface area (Å²) in [5.74, 6) is 1.26. The van der Waals surface area contributed by atoms with Crippen molar-refractivity contribution in [3.63, 3.8) is 0 Å². The van der Waals surface area contributed by atoms with E-state index in [-0.39, 0.29) is 37.1 Å². The molecule has 3 heterocycles. The second kappa shape index (κ2) is 13.5. The predicted octanol–water partition coefficient (Wildman–Crippen LogP) is 4.38. The smallest absolute Gasteiger partial charge is 0.262 e. The molecule has 2 amide bonds. The number of hydrogen-bond donors (Lipinski definition) is 1. The number of nitrogens with one attached hydrogen (secondary N) is 1. The highest BCUT2D eigenvalue weighted by molar-refractivity contribution is 8.00. The molecule has 0 bridgehead atoms. The molecule has 0 spiro atoms. The lowest BCUT2D eigenvalue weighted by Gasteiger charge is -2.36. The molecule has 1 unspecified atom stereocenters. The maximum absolute atomic E-state index is 13.9. The van der Waals surface area contributed by atoms with Gasteiger partial charge in [0, 0.05) is 50.9 Å². The third-order valence-electron chi connectivity index (χ3n) is 7.99. The number of amides is 2. The zero-order valence-electron chi connectivity index (χ0n) is 25.2. The molecule has 12 heteroatoms. The average molecular weight is 630 g/mol. The molecule has 11 nitrogen and oxygen atoms in total. The van der Waals surface area contributed by atoms with Crippen molar-refractivity contribution in [3.05, 3.63) is 77.1 Å². The first kappa shape index (κ1) is 30.3. The number of carbonyl (C=O) groups is 2. The number of aromatic nitrogens is 2. The number of anilines is 2. The summed E-state index contributed by atoms with van der Waals surface area (Å²) in [6, 6.07) is 20.7. The van der Waals surface area contributed by atoms with Crippen LogP contribution in [0.4, 0.5) is 11.4 Å². The second-order valence-electron chi connectivity index (χ2n) is 10.7. The number of rotatable bonds is 10. The first-order valence-electron chi connectivity index (χ1n) is 15.0. The van der Waals surface area contributed by atoms with Gasteiger partial charge in [0.1, 0.15) is 5.75 Å². The van der Waals surface area contributed by atoms with Gasteiger partial charge in [-0.25, -0.2) is 4.98 Å². The number of methoxy groups -OCH3 is 1. The molecule has 0 radical (unpaired) electrons. The lowest BCUT2D eigenvalue weighted by atomic mass is 10.2. The van der Waals surface area contributed by atoms with E-state index in [1.165, 1.54) is 16.3 Å². The monoisotopic (exact) mass is 629 g/mol. The van der Waals surface area contributed by atoms with Crippen molar-refractivity contribution in [2.45, 2.75) is 36.7 Å². The molecule has 45 heavy (non-hydrogen) atoms. The van der Waals surface area contributed by atoms with E-state index < -0.39 is 5.25 Å². The Morgan fingerprint density at radius 1 is 1.00 bits per heavy atom. The van der Waals surface area contributed by atoms with Crippen molar-refractivity contribution in [1.29, 1.82) is 0 Å². The van der Waals surface area contributed by atoms with Gasteiger partial charge >= 0.3 is 0 Å². The molecule has 6 rings (SSSR count). The molecule has 0 saturated carbocycles. The third-order valence-corrected chi connectivity index (χ3v) is 9.35. The number of piperazine rings is 1. The van der Waals surface area contributed by atoms with E-state index in [9.17, 15) is 14.4 Å². The van der Waals surface area contributed by atoms with E-state index in [4.69, 9.17) is 19.2 Å². The van der Waals surface area contributed by atoms with Crippen LogP contribution in [0.3, 0.4) is 0 Å². The van der Waals surface area contributed by atoms with Crippen LogP contribution in [-0.2, 0) is 16.1 Å². The van der Waals surface area contributed by atoms with Crippen LogP contribution in [0.15, 0.2) is 76.7 Å². The lowest BCUT2D eigenvalue weighted by molar-refractivity contribution is -0.131. The topological polar surface area (TPSA) is 115 Å². The molecule has 1 N–H and O–H groups in total. The average Bonchev–Trinajstić information content (AvgIpc) is 3.54. The van der Waals surface area contributed by atoms with Crippen LogP contribution in [0.5, 0.6) is 17.2 Å². The largest absolute Gasteiger partial charge is 0.495 e. The number of benzene rings is 3. The summed E-state index contributed by atoms with van der Waals surface area (Å²) in [6.45, 7) is 4.77. The maximum Gasteiger partial charge on any atom is 0.262 e. The number of para-hydroxylation sites is 3. The normalized spacial score (nSPS) is 14.8. The van der Waals surface area contributed by atoms with Crippen LogP contribution in [0.25, 0.3) is 10.9 Å². The Morgan fingerprint density at radius 3 is 2.44 bits per heavy atom. The number of carbonyl (C=O) groups excluding carboxylic acids is 2. The maximum atomic E-state index is 13.9. The van der Waals surface area contributed by atoms with E-state index in [2.05, 4.69) is 22.3 Å². The summed E-state index contributed by atoms with van der Waals surface area (Å²) in [6.07, 6.45) is 0.603. The lowest BCUT2D eigenvalue weighted by Crippen LogP contribution is -2.49. The fourth-order valence-corrected chi connectivity index (χ4v) is 6.55.